The zero-order chi connectivity index (χ0) is 79.8. The van der Waals surface area contributed by atoms with Gasteiger partial charge in [-0.05, 0) is 167 Å². The minimum atomic E-state index is 0.588. The second-order valence-corrected chi connectivity index (χ2v) is 31.8. The van der Waals surface area contributed by atoms with Crippen LogP contribution in [0.4, 0.5) is 34.1 Å². The van der Waals surface area contributed by atoms with Crippen molar-refractivity contribution >= 4 is 187 Å². The van der Waals surface area contributed by atoms with Gasteiger partial charge >= 0.3 is 0 Å². The molecule has 568 valence electrons. The molecule has 0 saturated carbocycles. The first-order valence-electron chi connectivity index (χ1n) is 41.5. The van der Waals surface area contributed by atoms with Gasteiger partial charge in [-0.15, -0.1) is 6.58 Å². The number of fused-ring (bicyclic) bond motifs is 25. The summed E-state index contributed by atoms with van der Waals surface area (Å²) in [4.78, 5) is 27.9. The molecular weight excluding hydrogens is 1480 g/mol. The Morgan fingerprint density at radius 3 is 1.53 bits per heavy atom. The first-order valence-corrected chi connectivity index (χ1v) is 41.5. The van der Waals surface area contributed by atoms with Gasteiger partial charge in [-0.1, -0.05) is 255 Å². The van der Waals surface area contributed by atoms with Crippen molar-refractivity contribution in [3.8, 4) is 51.2 Å². The van der Waals surface area contributed by atoms with E-state index in [4.69, 9.17) is 24.4 Å². The molecule has 0 saturated heterocycles. The Kier molecular flexibility index (Phi) is 15.0. The molecule has 0 spiro atoms. The lowest BCUT2D eigenvalue weighted by molar-refractivity contribution is 0.668. The molecule has 9 heterocycles. The standard InChI is InChI=1S/C110H72N10O/c1-4-6-9-31-68(67-32-10-7-11-33-67)62-63-115-88-47-23-18-41-81(88)98-78-38-15-14-37-77(78)97-74(30-5-2)66(3)116(106(97)105(98)115)109-111-86-45-28-52-94-101(86)103(113-109)84-44-21-26-50-91(84)118(94)72-57-54-69(55-58-72)70-56-61-92-85(64-70)100-80-40-17-16-39-79(80)99-82-42-19-24-48-89(82)120(108(99)107(100)119(92)73-59-60-76-75-36-22-27-53-95(75)121-96(76)65-73)110-112-87-46-29-51-93-102(87)104(114-110)83-43-20-25-49-90(83)117(93)71-34-12-8-13-35-71/h4-5,7-62,64-65H,1,6,63H2,2-3H3/b30-5-,31-9-,68-62+. The van der Waals surface area contributed by atoms with E-state index >= 15 is 0 Å². The summed E-state index contributed by atoms with van der Waals surface area (Å²) >= 11 is 0. The molecule has 0 N–H and O–H groups in total. The Bertz CT molecular complexity index is 8520. The highest BCUT2D eigenvalue weighted by Gasteiger charge is 2.35. The SMILES string of the molecule is C=CC/C=C\C(=C/Cn1c2ccccc2c2c3ccccc3c3c(/C=C\C)c(C)n(-c4nc5c6c(cccc6n4)N(c4ccc(-c6ccc7c(c6)c6c8ccccc8c8c9ccccc9n(-c9nc%10c%11c(cccc%11n9)N(c9ccccc9)c9ccccc9-%10)c8c6n7-c6ccc7c(c6)oc6ccccc67)cc4)c4ccccc4-5)c3c21)c1ccccc1. The third-order valence-electron chi connectivity index (χ3n) is 25.3. The first-order chi connectivity index (χ1) is 59.9. The third-order valence-corrected chi connectivity index (χ3v) is 25.3. The minimum Gasteiger partial charge on any atom is -0.456 e. The van der Waals surface area contributed by atoms with Crippen molar-refractivity contribution in [1.82, 2.24) is 38.2 Å². The van der Waals surface area contributed by atoms with E-state index in [1.807, 2.05) is 12.1 Å². The molecule has 0 aliphatic carbocycles. The summed E-state index contributed by atoms with van der Waals surface area (Å²) in [5.41, 5.74) is 28.5. The molecule has 0 atom stereocenters. The highest BCUT2D eigenvalue weighted by atomic mass is 16.3. The number of nitrogens with zero attached hydrogens (tertiary/aromatic N) is 10. The van der Waals surface area contributed by atoms with Gasteiger partial charge in [0.15, 0.2) is 0 Å². The fraction of sp³-hybridized carbons (Fsp3) is 0.0364. The number of hydrogen-bond donors (Lipinski definition) is 0. The zero-order valence-corrected chi connectivity index (χ0v) is 66.1. The summed E-state index contributed by atoms with van der Waals surface area (Å²) in [6.07, 6.45) is 14.0. The molecule has 0 amide bonds. The third kappa shape index (κ3) is 9.94. The van der Waals surface area contributed by atoms with Crippen LogP contribution in [0.15, 0.2) is 369 Å². The van der Waals surface area contributed by atoms with Gasteiger partial charge in [0.2, 0.25) is 11.9 Å². The van der Waals surface area contributed by atoms with Gasteiger partial charge in [0.25, 0.3) is 0 Å². The minimum absolute atomic E-state index is 0.588. The molecule has 16 aromatic carbocycles. The monoisotopic (exact) mass is 1550 g/mol. The number of hydrogen-bond acceptors (Lipinski definition) is 7. The molecule has 0 fully saturated rings. The second-order valence-electron chi connectivity index (χ2n) is 31.8. The maximum absolute atomic E-state index is 6.79. The van der Waals surface area contributed by atoms with Crippen molar-refractivity contribution in [2.45, 2.75) is 26.8 Å². The van der Waals surface area contributed by atoms with Crippen LogP contribution in [0.3, 0.4) is 0 Å². The number of allylic oxidation sites excluding steroid dienone is 6. The maximum Gasteiger partial charge on any atom is 0.235 e. The molecule has 0 unspecified atom stereocenters. The van der Waals surface area contributed by atoms with Crippen LogP contribution in [0.5, 0.6) is 0 Å². The Morgan fingerprint density at radius 1 is 0.372 bits per heavy atom. The van der Waals surface area contributed by atoms with E-state index < -0.39 is 0 Å². The number of benzene rings is 16. The summed E-state index contributed by atoms with van der Waals surface area (Å²) < 4.78 is 16.5. The van der Waals surface area contributed by atoms with Crippen LogP contribution in [0, 0.1) is 6.92 Å². The van der Waals surface area contributed by atoms with Crippen LogP contribution < -0.4 is 9.80 Å². The molecule has 23 aromatic rings. The zero-order valence-electron chi connectivity index (χ0n) is 66.1. The highest BCUT2D eigenvalue weighted by molar-refractivity contribution is 6.37. The van der Waals surface area contributed by atoms with Gasteiger partial charge in [0.05, 0.1) is 94.7 Å². The largest absolute Gasteiger partial charge is 0.456 e. The molecule has 2 aliphatic rings. The Morgan fingerprint density at radius 2 is 0.868 bits per heavy atom. The number of rotatable bonds is 13. The molecule has 0 radical (unpaired) electrons. The second kappa shape index (κ2) is 26.5. The lowest BCUT2D eigenvalue weighted by Crippen LogP contribution is -2.17. The van der Waals surface area contributed by atoms with Crippen molar-refractivity contribution in [3.63, 3.8) is 0 Å². The van der Waals surface area contributed by atoms with Crippen molar-refractivity contribution in [1.29, 1.82) is 0 Å². The van der Waals surface area contributed by atoms with Crippen LogP contribution in [0.1, 0.15) is 30.2 Å². The number of furan rings is 1. The molecule has 7 aromatic heterocycles. The van der Waals surface area contributed by atoms with Crippen LogP contribution in [-0.2, 0) is 6.54 Å². The summed E-state index contributed by atoms with van der Waals surface area (Å²) in [7, 11) is 0. The quantitative estimate of drug-likeness (QED) is 0.0839. The Labute approximate surface area is 694 Å². The molecule has 11 nitrogen and oxygen atoms in total. The summed E-state index contributed by atoms with van der Waals surface area (Å²) in [5, 5.41) is 16.8. The van der Waals surface area contributed by atoms with Gasteiger partial charge in [-0.3, -0.25) is 9.13 Å². The molecule has 25 rings (SSSR count). The summed E-state index contributed by atoms with van der Waals surface area (Å²) in [6.45, 7) is 8.99. The topological polar surface area (TPSA) is 90.9 Å². The Balaban J connectivity index is 0.668. The molecule has 2 aliphatic heterocycles. The number of para-hydroxylation sites is 6. The average Bonchev–Trinajstić information content (AvgIpc) is 1.57. The maximum atomic E-state index is 6.79. The van der Waals surface area contributed by atoms with Crippen LogP contribution in [-0.4, -0.2) is 38.2 Å². The molecular formula is C110H72N10O. The van der Waals surface area contributed by atoms with E-state index in [-0.39, 0.29) is 0 Å². The highest BCUT2D eigenvalue weighted by Crippen LogP contribution is 2.55. The van der Waals surface area contributed by atoms with E-state index in [2.05, 4.69) is 400 Å². The van der Waals surface area contributed by atoms with Gasteiger partial charge < -0.3 is 23.4 Å². The van der Waals surface area contributed by atoms with E-state index in [1.54, 1.807) is 0 Å². The van der Waals surface area contributed by atoms with E-state index in [1.165, 1.54) is 26.9 Å². The normalized spacial score (nSPS) is 12.9. The van der Waals surface area contributed by atoms with Crippen molar-refractivity contribution in [2.75, 3.05) is 9.80 Å². The van der Waals surface area contributed by atoms with Gasteiger partial charge in [-0.25, -0.2) is 19.9 Å². The number of aromatic nitrogens is 8. The first kappa shape index (κ1) is 68.3. The van der Waals surface area contributed by atoms with Crippen LogP contribution in [0.2, 0.25) is 0 Å². The van der Waals surface area contributed by atoms with Crippen molar-refractivity contribution < 1.29 is 4.42 Å². The van der Waals surface area contributed by atoms with E-state index in [0.717, 1.165) is 217 Å². The van der Waals surface area contributed by atoms with Gasteiger partial charge in [0.1, 0.15) is 11.2 Å². The number of anilines is 6. The fourth-order valence-electron chi connectivity index (χ4n) is 20.3. The summed E-state index contributed by atoms with van der Waals surface area (Å²) in [6, 6.07) is 119. The van der Waals surface area contributed by atoms with Gasteiger partial charge in [0, 0.05) is 100 Å². The van der Waals surface area contributed by atoms with Crippen molar-refractivity contribution in [2.24, 2.45) is 0 Å². The lowest BCUT2D eigenvalue weighted by Gasteiger charge is -2.33. The van der Waals surface area contributed by atoms with Crippen LogP contribution >= 0.6 is 0 Å². The average molecular weight is 1550 g/mol. The molecule has 121 heavy (non-hydrogen) atoms. The van der Waals surface area contributed by atoms with E-state index in [0.29, 0.717) is 18.4 Å². The fourth-order valence-corrected chi connectivity index (χ4v) is 20.3. The van der Waals surface area contributed by atoms with E-state index in [9.17, 15) is 0 Å². The van der Waals surface area contributed by atoms with Gasteiger partial charge in [-0.2, -0.15) is 0 Å². The Hall–Kier alpha value is -16.0. The van der Waals surface area contributed by atoms with Crippen LogP contribution in [0.25, 0.3) is 204 Å². The smallest absolute Gasteiger partial charge is 0.235 e. The molecule has 11 heteroatoms. The molecule has 0 bridgehead atoms. The lowest BCUT2D eigenvalue weighted by atomic mass is 9.95. The summed E-state index contributed by atoms with van der Waals surface area (Å²) in [5.74, 6) is 1.20. The predicted octanol–water partition coefficient (Wildman–Crippen LogP) is 29.1. The van der Waals surface area contributed by atoms with Crippen molar-refractivity contribution in [3.05, 3.63) is 381 Å². The predicted molar refractivity (Wildman–Crippen MR) is 504 cm³/mol.